The number of para-hydroxylation sites is 1. The highest BCUT2D eigenvalue weighted by atomic mass is 16.3. The summed E-state index contributed by atoms with van der Waals surface area (Å²) in [5.41, 5.74) is 2.07. The molecule has 1 amide bonds. The van der Waals surface area contributed by atoms with Crippen LogP contribution in [0.1, 0.15) is 10.6 Å². The number of carbonyl (C=O) groups is 1. The van der Waals surface area contributed by atoms with E-state index < -0.39 is 5.91 Å². The van der Waals surface area contributed by atoms with E-state index >= 15 is 0 Å². The van der Waals surface area contributed by atoms with Gasteiger partial charge in [-0.15, -0.1) is 0 Å². The zero-order valence-electron chi connectivity index (χ0n) is 14.7. The molecule has 0 fully saturated rings. The summed E-state index contributed by atoms with van der Waals surface area (Å²) in [6.45, 7) is 0. The van der Waals surface area contributed by atoms with Crippen LogP contribution in [0.25, 0.3) is 11.0 Å². The summed E-state index contributed by atoms with van der Waals surface area (Å²) < 4.78 is 5.54. The minimum atomic E-state index is -0.499. The lowest BCUT2D eigenvalue weighted by Gasteiger charge is -2.05. The van der Waals surface area contributed by atoms with Gasteiger partial charge in [0.15, 0.2) is 11.2 Å². The summed E-state index contributed by atoms with van der Waals surface area (Å²) in [6, 6.07) is 24.3. The van der Waals surface area contributed by atoms with Gasteiger partial charge in [0.2, 0.25) is 0 Å². The van der Waals surface area contributed by atoms with Crippen molar-refractivity contribution < 1.29 is 9.21 Å². The first-order valence-electron chi connectivity index (χ1n) is 8.60. The Hall–Kier alpha value is -4.06. The van der Waals surface area contributed by atoms with Gasteiger partial charge in [0.1, 0.15) is 5.58 Å². The van der Waals surface area contributed by atoms with Gasteiger partial charge in [-0.25, -0.2) is 0 Å². The second-order valence-corrected chi connectivity index (χ2v) is 6.01. The summed E-state index contributed by atoms with van der Waals surface area (Å²) in [4.78, 5) is 24.5. The Morgan fingerprint density at radius 3 is 2.18 bits per heavy atom. The first-order chi connectivity index (χ1) is 13.7. The highest BCUT2D eigenvalue weighted by Gasteiger charge is 2.12. The molecule has 4 aromatic rings. The summed E-state index contributed by atoms with van der Waals surface area (Å²) in [5.74, 6) is -0.543. The maximum Gasteiger partial charge on any atom is 0.291 e. The zero-order chi connectivity index (χ0) is 19.3. The molecule has 6 nitrogen and oxygen atoms in total. The lowest BCUT2D eigenvalue weighted by molar-refractivity contribution is 0.0997. The maximum atomic E-state index is 12.4. The third-order valence-corrected chi connectivity index (χ3v) is 4.02. The molecule has 0 saturated heterocycles. The van der Waals surface area contributed by atoms with Gasteiger partial charge in [-0.3, -0.25) is 9.59 Å². The van der Waals surface area contributed by atoms with E-state index in [4.69, 9.17) is 4.42 Å². The largest absolute Gasteiger partial charge is 0.451 e. The quantitative estimate of drug-likeness (QED) is 0.485. The standard InChI is InChI=1S/C22H15N3O3/c26-19-14-21(28-20-9-5-4-8-18(19)20)22(27)23-15-10-12-17(13-11-15)25-24-16-6-2-1-3-7-16/h1-14H,(H,23,27). The molecule has 0 aliphatic heterocycles. The van der Waals surface area contributed by atoms with Gasteiger partial charge in [0.25, 0.3) is 5.91 Å². The Balaban J connectivity index is 1.49. The van der Waals surface area contributed by atoms with Gasteiger partial charge in [-0.2, -0.15) is 10.2 Å². The van der Waals surface area contributed by atoms with Gasteiger partial charge in [0, 0.05) is 11.8 Å². The van der Waals surface area contributed by atoms with Crippen LogP contribution in [-0.4, -0.2) is 5.91 Å². The van der Waals surface area contributed by atoms with E-state index in [9.17, 15) is 9.59 Å². The number of hydrogen-bond acceptors (Lipinski definition) is 5. The predicted molar refractivity (Wildman–Crippen MR) is 107 cm³/mol. The minimum absolute atomic E-state index is 0.0449. The normalized spacial score (nSPS) is 11.0. The highest BCUT2D eigenvalue weighted by molar-refractivity contribution is 6.03. The molecule has 0 radical (unpaired) electrons. The van der Waals surface area contributed by atoms with Crippen molar-refractivity contribution in [2.45, 2.75) is 0 Å². The molecule has 0 aliphatic rings. The van der Waals surface area contributed by atoms with E-state index in [0.717, 1.165) is 5.69 Å². The fraction of sp³-hybridized carbons (Fsp3) is 0. The molecule has 0 spiro atoms. The summed E-state index contributed by atoms with van der Waals surface area (Å²) >= 11 is 0. The molecule has 0 aliphatic carbocycles. The molecular formula is C22H15N3O3. The molecule has 28 heavy (non-hydrogen) atoms. The van der Waals surface area contributed by atoms with E-state index in [1.807, 2.05) is 30.3 Å². The van der Waals surface area contributed by atoms with Crippen LogP contribution < -0.4 is 10.7 Å². The molecule has 1 heterocycles. The highest BCUT2D eigenvalue weighted by Crippen LogP contribution is 2.20. The van der Waals surface area contributed by atoms with Gasteiger partial charge in [0.05, 0.1) is 16.8 Å². The lowest BCUT2D eigenvalue weighted by atomic mass is 10.2. The van der Waals surface area contributed by atoms with E-state index in [2.05, 4.69) is 15.5 Å². The van der Waals surface area contributed by atoms with E-state index in [1.54, 1.807) is 48.5 Å². The van der Waals surface area contributed by atoms with Crippen molar-refractivity contribution in [1.82, 2.24) is 0 Å². The zero-order valence-corrected chi connectivity index (χ0v) is 14.7. The van der Waals surface area contributed by atoms with Crippen LogP contribution >= 0.6 is 0 Å². The Bertz CT molecular complexity index is 1210. The number of benzene rings is 3. The Morgan fingerprint density at radius 1 is 0.786 bits per heavy atom. The van der Waals surface area contributed by atoms with Crippen LogP contribution in [0.2, 0.25) is 0 Å². The number of anilines is 1. The van der Waals surface area contributed by atoms with Crippen LogP contribution in [0.15, 0.2) is 104 Å². The van der Waals surface area contributed by atoms with Crippen molar-refractivity contribution in [1.29, 1.82) is 0 Å². The number of rotatable bonds is 4. The van der Waals surface area contributed by atoms with Crippen molar-refractivity contribution in [2.75, 3.05) is 5.32 Å². The van der Waals surface area contributed by atoms with E-state index in [1.165, 1.54) is 6.07 Å². The molecule has 0 unspecified atom stereocenters. The molecule has 0 atom stereocenters. The molecule has 0 bridgehead atoms. The molecule has 136 valence electrons. The van der Waals surface area contributed by atoms with Crippen molar-refractivity contribution in [3.8, 4) is 0 Å². The van der Waals surface area contributed by atoms with E-state index in [0.29, 0.717) is 22.3 Å². The first kappa shape index (κ1) is 17.4. The Labute approximate surface area is 160 Å². The number of hydrogen-bond donors (Lipinski definition) is 1. The number of amides is 1. The van der Waals surface area contributed by atoms with E-state index in [-0.39, 0.29) is 11.2 Å². The Kier molecular flexibility index (Phi) is 4.76. The summed E-state index contributed by atoms with van der Waals surface area (Å²) in [7, 11) is 0. The second-order valence-electron chi connectivity index (χ2n) is 6.01. The predicted octanol–water partition coefficient (Wildman–Crippen LogP) is 5.46. The smallest absolute Gasteiger partial charge is 0.291 e. The number of fused-ring (bicyclic) bond motifs is 1. The average Bonchev–Trinajstić information content (AvgIpc) is 2.74. The van der Waals surface area contributed by atoms with Gasteiger partial charge in [-0.05, 0) is 48.5 Å². The molecule has 0 saturated carbocycles. The lowest BCUT2D eigenvalue weighted by Crippen LogP contribution is -2.14. The number of azo groups is 1. The minimum Gasteiger partial charge on any atom is -0.451 e. The number of nitrogens with one attached hydrogen (secondary N) is 1. The fourth-order valence-electron chi connectivity index (χ4n) is 2.63. The first-order valence-corrected chi connectivity index (χ1v) is 8.60. The second kappa shape index (κ2) is 7.67. The molecule has 1 N–H and O–H groups in total. The van der Waals surface area contributed by atoms with Crippen LogP contribution in [-0.2, 0) is 0 Å². The third kappa shape index (κ3) is 3.86. The fourth-order valence-corrected chi connectivity index (χ4v) is 2.63. The molecule has 1 aromatic heterocycles. The van der Waals surface area contributed by atoms with Crippen LogP contribution in [0.3, 0.4) is 0 Å². The van der Waals surface area contributed by atoms with Gasteiger partial charge >= 0.3 is 0 Å². The van der Waals surface area contributed by atoms with Crippen molar-refractivity contribution >= 4 is 33.9 Å². The van der Waals surface area contributed by atoms with Crippen LogP contribution in [0.5, 0.6) is 0 Å². The molecular weight excluding hydrogens is 354 g/mol. The van der Waals surface area contributed by atoms with Crippen molar-refractivity contribution in [3.05, 3.63) is 101 Å². The summed E-state index contributed by atoms with van der Waals surface area (Å²) in [6.07, 6.45) is 0. The average molecular weight is 369 g/mol. The maximum absolute atomic E-state index is 12.4. The monoisotopic (exact) mass is 369 g/mol. The third-order valence-electron chi connectivity index (χ3n) is 4.02. The SMILES string of the molecule is O=C(Nc1ccc(N=Nc2ccccc2)cc1)c1cc(=O)c2ccccc2o1. The molecule has 3 aromatic carbocycles. The molecule has 6 heteroatoms. The Morgan fingerprint density at radius 2 is 1.43 bits per heavy atom. The number of carbonyl (C=O) groups excluding carboxylic acids is 1. The van der Waals surface area contributed by atoms with Crippen LogP contribution in [0.4, 0.5) is 17.1 Å². The summed E-state index contributed by atoms with van der Waals surface area (Å²) in [5, 5.41) is 11.4. The van der Waals surface area contributed by atoms with Gasteiger partial charge < -0.3 is 9.73 Å². The van der Waals surface area contributed by atoms with Crippen molar-refractivity contribution in [2.24, 2.45) is 10.2 Å². The number of nitrogens with zero attached hydrogens (tertiary/aromatic N) is 2. The molecule has 4 rings (SSSR count). The topological polar surface area (TPSA) is 84.0 Å². The van der Waals surface area contributed by atoms with Gasteiger partial charge in [-0.1, -0.05) is 30.3 Å². The van der Waals surface area contributed by atoms with Crippen LogP contribution in [0, 0.1) is 0 Å². The van der Waals surface area contributed by atoms with Crippen molar-refractivity contribution in [3.63, 3.8) is 0 Å².